The third-order valence-corrected chi connectivity index (χ3v) is 4.73. The molecule has 10 heteroatoms. The van der Waals surface area contributed by atoms with Crippen LogP contribution in [0.3, 0.4) is 0 Å². The number of hydrogen-bond acceptors (Lipinski definition) is 5. The maximum Gasteiger partial charge on any atom is 0.434 e. The first kappa shape index (κ1) is 21.2. The van der Waals surface area contributed by atoms with Gasteiger partial charge in [0.05, 0.1) is 17.2 Å². The van der Waals surface area contributed by atoms with Crippen molar-refractivity contribution in [3.05, 3.63) is 33.1 Å². The highest BCUT2D eigenvalue weighted by atomic mass is 32.1. The number of aryl methyl sites for hydroxylation is 2. The van der Waals surface area contributed by atoms with E-state index in [9.17, 15) is 13.2 Å². The quantitative estimate of drug-likeness (QED) is 0.521. The molecule has 2 rings (SSSR count). The fourth-order valence-corrected chi connectivity index (χ4v) is 3.27. The summed E-state index contributed by atoms with van der Waals surface area (Å²) in [4.78, 5) is 8.18. The summed E-state index contributed by atoms with van der Waals surface area (Å²) in [6, 6.07) is 0. The number of aliphatic imine (C=N–C) groups is 1. The molecule has 2 heterocycles. The largest absolute Gasteiger partial charge is 0.434 e. The number of guanidine groups is 1. The van der Waals surface area contributed by atoms with Gasteiger partial charge in [-0.05, 0) is 13.3 Å². The molecule has 0 saturated carbocycles. The Balaban J connectivity index is 1.96. The van der Waals surface area contributed by atoms with Gasteiger partial charge < -0.3 is 15.2 Å². The van der Waals surface area contributed by atoms with E-state index in [1.54, 1.807) is 0 Å². The molecule has 0 bridgehead atoms. The number of halogens is 3. The summed E-state index contributed by atoms with van der Waals surface area (Å²) >= 11 is 1.01. The summed E-state index contributed by atoms with van der Waals surface area (Å²) in [6.07, 6.45) is -2.50. The standard InChI is InChI=1S/C17H24F3N5OS/c1-4-12-11(13(5-2)26-25-12)9-23-16(21-6-3)22-8-7-15-24-14(10-27-15)17(18,19)20/h10H,4-9H2,1-3H3,(H2,21,22,23). The summed E-state index contributed by atoms with van der Waals surface area (Å²) in [5.74, 6) is 1.42. The molecule has 0 spiro atoms. The Kier molecular flexibility index (Phi) is 7.64. The molecule has 0 saturated heterocycles. The lowest BCUT2D eigenvalue weighted by molar-refractivity contribution is -0.140. The zero-order valence-electron chi connectivity index (χ0n) is 15.6. The van der Waals surface area contributed by atoms with E-state index in [4.69, 9.17) is 4.52 Å². The van der Waals surface area contributed by atoms with Crippen molar-refractivity contribution >= 4 is 17.3 Å². The van der Waals surface area contributed by atoms with Gasteiger partial charge in [0.15, 0.2) is 11.7 Å². The van der Waals surface area contributed by atoms with Crippen molar-refractivity contribution in [2.45, 2.75) is 52.8 Å². The van der Waals surface area contributed by atoms with Gasteiger partial charge in [-0.25, -0.2) is 9.98 Å². The predicted molar refractivity (Wildman–Crippen MR) is 98.9 cm³/mol. The molecule has 2 N–H and O–H groups in total. The molecule has 150 valence electrons. The highest BCUT2D eigenvalue weighted by molar-refractivity contribution is 7.09. The lowest BCUT2D eigenvalue weighted by Gasteiger charge is -2.10. The van der Waals surface area contributed by atoms with Crippen molar-refractivity contribution in [2.75, 3.05) is 13.1 Å². The average molecular weight is 403 g/mol. The molecular weight excluding hydrogens is 379 g/mol. The Morgan fingerprint density at radius 1 is 1.22 bits per heavy atom. The van der Waals surface area contributed by atoms with Crippen molar-refractivity contribution in [1.82, 2.24) is 20.8 Å². The van der Waals surface area contributed by atoms with Crippen LogP contribution in [0.15, 0.2) is 14.9 Å². The number of hydrogen-bond donors (Lipinski definition) is 2. The van der Waals surface area contributed by atoms with Gasteiger partial charge in [0.2, 0.25) is 0 Å². The van der Waals surface area contributed by atoms with Gasteiger partial charge in [-0.15, -0.1) is 11.3 Å². The van der Waals surface area contributed by atoms with Crippen LogP contribution >= 0.6 is 11.3 Å². The lowest BCUT2D eigenvalue weighted by atomic mass is 10.1. The maximum atomic E-state index is 12.6. The van der Waals surface area contributed by atoms with E-state index in [0.29, 0.717) is 37.0 Å². The van der Waals surface area contributed by atoms with E-state index in [1.807, 2.05) is 20.8 Å². The highest BCUT2D eigenvalue weighted by Gasteiger charge is 2.33. The van der Waals surface area contributed by atoms with Gasteiger partial charge in [0.1, 0.15) is 5.76 Å². The van der Waals surface area contributed by atoms with E-state index in [-0.39, 0.29) is 0 Å². The fraction of sp³-hybridized carbons (Fsp3) is 0.588. The first-order chi connectivity index (χ1) is 12.9. The van der Waals surface area contributed by atoms with Crippen LogP contribution in [0.2, 0.25) is 0 Å². The Morgan fingerprint density at radius 3 is 2.59 bits per heavy atom. The molecule has 0 aliphatic heterocycles. The molecule has 0 aliphatic carbocycles. The SMILES string of the molecule is CCNC(=NCc1c(CC)noc1CC)NCCc1nc(C(F)(F)F)cs1. The zero-order valence-corrected chi connectivity index (χ0v) is 16.4. The molecule has 0 amide bonds. The number of nitrogens with one attached hydrogen (secondary N) is 2. The summed E-state index contributed by atoms with van der Waals surface area (Å²) in [7, 11) is 0. The number of alkyl halides is 3. The third kappa shape index (κ3) is 5.95. The average Bonchev–Trinajstić information content (AvgIpc) is 3.25. The van der Waals surface area contributed by atoms with Gasteiger partial charge >= 0.3 is 6.18 Å². The smallest absolute Gasteiger partial charge is 0.361 e. The second-order valence-corrected chi connectivity index (χ2v) is 6.68. The molecule has 0 aromatic carbocycles. The second-order valence-electron chi connectivity index (χ2n) is 5.73. The van der Waals surface area contributed by atoms with Gasteiger partial charge in [0, 0.05) is 36.9 Å². The monoisotopic (exact) mass is 403 g/mol. The second kappa shape index (κ2) is 9.72. The van der Waals surface area contributed by atoms with Crippen molar-refractivity contribution in [3.8, 4) is 0 Å². The van der Waals surface area contributed by atoms with Crippen LogP contribution in [0.1, 0.15) is 48.5 Å². The van der Waals surface area contributed by atoms with Crippen LogP contribution in [0.4, 0.5) is 13.2 Å². The first-order valence-corrected chi connectivity index (χ1v) is 9.77. The number of thiazole rings is 1. The molecule has 0 radical (unpaired) electrons. The van der Waals surface area contributed by atoms with Gasteiger partial charge in [-0.1, -0.05) is 19.0 Å². The number of nitrogens with zero attached hydrogens (tertiary/aromatic N) is 3. The first-order valence-electron chi connectivity index (χ1n) is 8.89. The minimum atomic E-state index is -4.40. The molecular formula is C17H24F3N5OS. The molecule has 2 aromatic rings. The summed E-state index contributed by atoms with van der Waals surface area (Å²) < 4.78 is 43.1. The van der Waals surface area contributed by atoms with E-state index in [0.717, 1.165) is 46.6 Å². The normalized spacial score (nSPS) is 12.4. The van der Waals surface area contributed by atoms with E-state index in [1.165, 1.54) is 0 Å². The predicted octanol–water partition coefficient (Wildman–Crippen LogP) is 3.57. The summed E-state index contributed by atoms with van der Waals surface area (Å²) in [5, 5.41) is 11.8. The van der Waals surface area contributed by atoms with Gasteiger partial charge in [0.25, 0.3) is 0 Å². The molecule has 6 nitrogen and oxygen atoms in total. The maximum absolute atomic E-state index is 12.6. The minimum absolute atomic E-state index is 0.388. The van der Waals surface area contributed by atoms with Crippen LogP contribution in [0, 0.1) is 0 Å². The zero-order chi connectivity index (χ0) is 19.9. The van der Waals surface area contributed by atoms with Crippen LogP contribution in [-0.2, 0) is 32.0 Å². The molecule has 0 aliphatic rings. The van der Waals surface area contributed by atoms with Crippen molar-refractivity contribution < 1.29 is 17.7 Å². The van der Waals surface area contributed by atoms with E-state index < -0.39 is 11.9 Å². The van der Waals surface area contributed by atoms with E-state index >= 15 is 0 Å². The van der Waals surface area contributed by atoms with Gasteiger partial charge in [-0.2, -0.15) is 13.2 Å². The van der Waals surface area contributed by atoms with Crippen LogP contribution in [0.5, 0.6) is 0 Å². The minimum Gasteiger partial charge on any atom is -0.361 e. The number of rotatable bonds is 8. The Labute approximate surface area is 160 Å². The van der Waals surface area contributed by atoms with Crippen molar-refractivity contribution in [1.29, 1.82) is 0 Å². The number of aromatic nitrogens is 2. The van der Waals surface area contributed by atoms with Crippen molar-refractivity contribution in [3.63, 3.8) is 0 Å². The molecule has 0 unspecified atom stereocenters. The molecule has 2 aromatic heterocycles. The van der Waals surface area contributed by atoms with Gasteiger partial charge in [-0.3, -0.25) is 0 Å². The van der Waals surface area contributed by atoms with Crippen molar-refractivity contribution in [2.24, 2.45) is 4.99 Å². The summed E-state index contributed by atoms with van der Waals surface area (Å²) in [5.41, 5.74) is 1.05. The van der Waals surface area contributed by atoms with Crippen LogP contribution in [0.25, 0.3) is 0 Å². The highest BCUT2D eigenvalue weighted by Crippen LogP contribution is 2.30. The Hall–Kier alpha value is -2.10. The molecule has 27 heavy (non-hydrogen) atoms. The summed E-state index contributed by atoms with van der Waals surface area (Å²) in [6.45, 7) is 7.49. The third-order valence-electron chi connectivity index (χ3n) is 3.82. The molecule has 0 atom stereocenters. The van der Waals surface area contributed by atoms with Crippen LogP contribution in [-0.4, -0.2) is 29.2 Å². The van der Waals surface area contributed by atoms with Crippen LogP contribution < -0.4 is 10.6 Å². The van der Waals surface area contributed by atoms with E-state index in [2.05, 4.69) is 25.8 Å². The Morgan fingerprint density at radius 2 is 2.00 bits per heavy atom. The lowest BCUT2D eigenvalue weighted by Crippen LogP contribution is -2.38. The Bertz CT molecular complexity index is 733. The fourth-order valence-electron chi connectivity index (χ4n) is 2.46. The molecule has 0 fully saturated rings. The topological polar surface area (TPSA) is 75.3 Å².